The average molecular weight is 651 g/mol. The van der Waals surface area contributed by atoms with Crippen molar-refractivity contribution in [3.05, 3.63) is 127 Å². The summed E-state index contributed by atoms with van der Waals surface area (Å²) >= 11 is 1.24. The Morgan fingerprint density at radius 3 is 2.38 bits per heavy atom. The van der Waals surface area contributed by atoms with E-state index in [1.54, 1.807) is 46.3 Å². The molecule has 1 aliphatic heterocycles. The number of hydrogen-bond acceptors (Lipinski definition) is 9. The Morgan fingerprint density at radius 2 is 1.62 bits per heavy atom. The molecule has 0 bridgehead atoms. The van der Waals surface area contributed by atoms with Gasteiger partial charge in [-0.15, -0.1) is 0 Å². The number of ether oxygens (including phenoxy) is 5. The SMILES string of the molecule is CCOC(=O)C1=C(C)N=c2sc(=Cc3ccc(OCc4cccc5ccccc45)c(OC)c3)c(=O)n2[C@H]1c1ccc(OC)c(OC)c1. The smallest absolute Gasteiger partial charge is 0.338 e. The predicted octanol–water partition coefficient (Wildman–Crippen LogP) is 5.56. The van der Waals surface area contributed by atoms with Crippen molar-refractivity contribution >= 4 is 34.2 Å². The number of esters is 1. The summed E-state index contributed by atoms with van der Waals surface area (Å²) in [5.74, 6) is 1.59. The predicted molar refractivity (Wildman–Crippen MR) is 181 cm³/mol. The number of allylic oxidation sites excluding steroid dienone is 1. The number of carbonyl (C=O) groups is 1. The molecule has 1 aromatic heterocycles. The summed E-state index contributed by atoms with van der Waals surface area (Å²) in [5, 5.41) is 2.28. The van der Waals surface area contributed by atoms with E-state index < -0.39 is 12.0 Å². The lowest BCUT2D eigenvalue weighted by atomic mass is 9.95. The average Bonchev–Trinajstić information content (AvgIpc) is 3.39. The third-order valence-electron chi connectivity index (χ3n) is 7.99. The van der Waals surface area contributed by atoms with Gasteiger partial charge < -0.3 is 23.7 Å². The zero-order chi connectivity index (χ0) is 33.1. The van der Waals surface area contributed by atoms with Crippen LogP contribution in [0.4, 0.5) is 0 Å². The van der Waals surface area contributed by atoms with E-state index in [0.717, 1.165) is 21.9 Å². The first-order valence-electron chi connectivity index (χ1n) is 15.1. The van der Waals surface area contributed by atoms with Gasteiger partial charge in [-0.3, -0.25) is 9.36 Å². The molecule has 0 aliphatic carbocycles. The normalized spacial score (nSPS) is 14.4. The molecule has 4 aromatic carbocycles. The van der Waals surface area contributed by atoms with Gasteiger partial charge in [-0.25, -0.2) is 9.79 Å². The molecule has 9 nitrogen and oxygen atoms in total. The van der Waals surface area contributed by atoms with E-state index in [-0.39, 0.29) is 17.7 Å². The van der Waals surface area contributed by atoms with Gasteiger partial charge in [0.2, 0.25) is 0 Å². The summed E-state index contributed by atoms with van der Waals surface area (Å²) < 4.78 is 30.2. The minimum atomic E-state index is -0.786. The zero-order valence-corrected chi connectivity index (χ0v) is 27.6. The summed E-state index contributed by atoms with van der Waals surface area (Å²) in [6.07, 6.45) is 1.79. The number of methoxy groups -OCH3 is 3. The quantitative estimate of drug-likeness (QED) is 0.183. The maximum absolute atomic E-state index is 14.1. The number of carbonyl (C=O) groups excluding carboxylic acids is 1. The number of nitrogens with zero attached hydrogens (tertiary/aromatic N) is 2. The molecule has 0 amide bonds. The van der Waals surface area contributed by atoms with Gasteiger partial charge in [0.15, 0.2) is 27.8 Å². The van der Waals surface area contributed by atoms with E-state index in [4.69, 9.17) is 23.7 Å². The van der Waals surface area contributed by atoms with Gasteiger partial charge in [0.05, 0.1) is 49.8 Å². The zero-order valence-electron chi connectivity index (χ0n) is 26.7. The van der Waals surface area contributed by atoms with Crippen molar-refractivity contribution in [3.8, 4) is 23.0 Å². The molecule has 1 atom stereocenters. The molecule has 0 spiro atoms. The molecule has 1 aliphatic rings. The highest BCUT2D eigenvalue weighted by molar-refractivity contribution is 7.07. The minimum absolute atomic E-state index is 0.183. The topological polar surface area (TPSA) is 97.6 Å². The molecule has 0 fully saturated rings. The van der Waals surface area contributed by atoms with Crippen LogP contribution < -0.4 is 33.8 Å². The second kappa shape index (κ2) is 13.6. The van der Waals surface area contributed by atoms with Crippen LogP contribution in [0.15, 0.2) is 99.9 Å². The fourth-order valence-electron chi connectivity index (χ4n) is 5.75. The highest BCUT2D eigenvalue weighted by Crippen LogP contribution is 2.36. The Labute approximate surface area is 275 Å². The van der Waals surface area contributed by atoms with Crippen LogP contribution in [0.2, 0.25) is 0 Å². The number of benzene rings is 4. The van der Waals surface area contributed by atoms with Crippen molar-refractivity contribution in [1.82, 2.24) is 4.57 Å². The summed E-state index contributed by atoms with van der Waals surface area (Å²) in [4.78, 5) is 32.5. The lowest BCUT2D eigenvalue weighted by Crippen LogP contribution is -2.39. The molecular formula is C37H34N2O7S. The maximum atomic E-state index is 14.1. The summed E-state index contributed by atoms with van der Waals surface area (Å²) in [5.41, 5.74) is 2.93. The first-order valence-corrected chi connectivity index (χ1v) is 15.9. The number of fused-ring (bicyclic) bond motifs is 2. The van der Waals surface area contributed by atoms with Crippen LogP contribution in [-0.2, 0) is 16.1 Å². The van der Waals surface area contributed by atoms with Crippen LogP contribution in [-0.4, -0.2) is 38.5 Å². The molecule has 240 valence electrons. The van der Waals surface area contributed by atoms with E-state index in [2.05, 4.69) is 23.2 Å². The van der Waals surface area contributed by atoms with Crippen LogP contribution in [0.1, 0.15) is 36.6 Å². The van der Waals surface area contributed by atoms with Crippen LogP contribution in [0.25, 0.3) is 16.8 Å². The first-order chi connectivity index (χ1) is 22.9. The van der Waals surface area contributed by atoms with Gasteiger partial charge in [0.25, 0.3) is 5.56 Å². The lowest BCUT2D eigenvalue weighted by Gasteiger charge is -2.25. The summed E-state index contributed by atoms with van der Waals surface area (Å²) in [6.45, 7) is 4.04. The molecule has 47 heavy (non-hydrogen) atoms. The molecule has 10 heteroatoms. The van der Waals surface area contributed by atoms with Gasteiger partial charge in [-0.1, -0.05) is 65.9 Å². The third-order valence-corrected chi connectivity index (χ3v) is 8.97. The van der Waals surface area contributed by atoms with E-state index in [1.807, 2.05) is 48.5 Å². The fraction of sp³-hybridized carbons (Fsp3) is 0.216. The van der Waals surface area contributed by atoms with Crippen molar-refractivity contribution in [1.29, 1.82) is 0 Å². The fourth-order valence-corrected chi connectivity index (χ4v) is 6.79. The Hall–Kier alpha value is -5.35. The van der Waals surface area contributed by atoms with Crippen LogP contribution in [0.5, 0.6) is 23.0 Å². The standard InChI is InChI=1S/C37H34N2O7S/c1-6-45-36(41)33-22(2)38-37-39(34(33)25-15-17-28(42-3)31(20-25)44-5)35(40)32(47-37)19-23-14-16-29(30(18-23)43-4)46-21-26-12-9-11-24-10-7-8-13-27(24)26/h7-20,34H,6,21H2,1-5H3/t34-/m0/s1. The van der Waals surface area contributed by atoms with Gasteiger partial charge >= 0.3 is 5.97 Å². The first kappa shape index (κ1) is 31.6. The monoisotopic (exact) mass is 650 g/mol. The largest absolute Gasteiger partial charge is 0.493 e. The number of hydrogen-bond donors (Lipinski definition) is 0. The van der Waals surface area contributed by atoms with Crippen molar-refractivity contribution in [2.75, 3.05) is 27.9 Å². The minimum Gasteiger partial charge on any atom is -0.493 e. The summed E-state index contributed by atoms with van der Waals surface area (Å²) in [7, 11) is 4.67. The maximum Gasteiger partial charge on any atom is 0.338 e. The number of aromatic nitrogens is 1. The Balaban J connectivity index is 1.38. The van der Waals surface area contributed by atoms with Gasteiger partial charge in [-0.2, -0.15) is 0 Å². The molecule has 0 radical (unpaired) electrons. The Kier molecular flexibility index (Phi) is 9.12. The molecule has 5 aromatic rings. The van der Waals surface area contributed by atoms with Gasteiger partial charge in [-0.05, 0) is 71.7 Å². The second-order valence-corrected chi connectivity index (χ2v) is 11.8. The molecular weight excluding hydrogens is 616 g/mol. The second-order valence-electron chi connectivity index (χ2n) is 10.8. The van der Waals surface area contributed by atoms with Crippen molar-refractivity contribution in [3.63, 3.8) is 0 Å². The van der Waals surface area contributed by atoms with Gasteiger partial charge in [0, 0.05) is 0 Å². The molecule has 0 saturated carbocycles. The Morgan fingerprint density at radius 1 is 0.894 bits per heavy atom. The molecule has 0 unspecified atom stereocenters. The van der Waals surface area contributed by atoms with Crippen LogP contribution in [0, 0.1) is 0 Å². The van der Waals surface area contributed by atoms with E-state index in [0.29, 0.717) is 50.2 Å². The third kappa shape index (κ3) is 6.12. The van der Waals surface area contributed by atoms with Crippen molar-refractivity contribution in [2.24, 2.45) is 4.99 Å². The number of thiazole rings is 1. The molecule has 2 heterocycles. The van der Waals surface area contributed by atoms with E-state index >= 15 is 0 Å². The Bertz CT molecular complexity index is 2190. The van der Waals surface area contributed by atoms with E-state index in [1.165, 1.54) is 23.0 Å². The highest BCUT2D eigenvalue weighted by atomic mass is 32.1. The van der Waals surface area contributed by atoms with Crippen molar-refractivity contribution < 1.29 is 28.5 Å². The molecule has 6 rings (SSSR count). The van der Waals surface area contributed by atoms with Crippen LogP contribution in [0.3, 0.4) is 0 Å². The van der Waals surface area contributed by atoms with E-state index in [9.17, 15) is 9.59 Å². The van der Waals surface area contributed by atoms with Crippen molar-refractivity contribution in [2.45, 2.75) is 26.5 Å². The number of rotatable bonds is 10. The molecule has 0 saturated heterocycles. The van der Waals surface area contributed by atoms with Crippen LogP contribution >= 0.6 is 11.3 Å². The lowest BCUT2D eigenvalue weighted by molar-refractivity contribution is -0.139. The molecule has 0 N–H and O–H groups in total. The summed E-state index contributed by atoms with van der Waals surface area (Å²) in [6, 6.07) is 24.4. The van der Waals surface area contributed by atoms with Gasteiger partial charge in [0.1, 0.15) is 6.61 Å². The highest BCUT2D eigenvalue weighted by Gasteiger charge is 2.34.